The minimum absolute atomic E-state index is 0.0240. The van der Waals surface area contributed by atoms with Crippen molar-refractivity contribution >= 4 is 27.8 Å². The van der Waals surface area contributed by atoms with E-state index in [1.165, 1.54) is 0 Å². The van der Waals surface area contributed by atoms with Crippen LogP contribution in [0.5, 0.6) is 0 Å². The Morgan fingerprint density at radius 3 is 2.89 bits per heavy atom. The van der Waals surface area contributed by atoms with Gasteiger partial charge in [-0.15, -0.1) is 0 Å². The molecule has 0 saturated carbocycles. The van der Waals surface area contributed by atoms with E-state index < -0.39 is 0 Å². The lowest BCUT2D eigenvalue weighted by atomic mass is 10.2. The Morgan fingerprint density at radius 1 is 1.32 bits per heavy atom. The second-order valence-electron chi connectivity index (χ2n) is 4.34. The molecular weight excluding hydrogens is 308 g/mol. The van der Waals surface area contributed by atoms with Gasteiger partial charge in [-0.25, -0.2) is 9.97 Å². The van der Waals surface area contributed by atoms with Crippen molar-refractivity contribution in [2.75, 3.05) is 5.73 Å². The van der Waals surface area contributed by atoms with Crippen molar-refractivity contribution in [3.8, 4) is 0 Å². The Labute approximate surface area is 118 Å². The van der Waals surface area contributed by atoms with Gasteiger partial charge < -0.3 is 10.6 Å². The first-order valence-electron chi connectivity index (χ1n) is 5.79. The zero-order valence-corrected chi connectivity index (χ0v) is 11.6. The van der Waals surface area contributed by atoms with E-state index in [4.69, 9.17) is 5.73 Å². The highest BCUT2D eigenvalue weighted by Crippen LogP contribution is 2.25. The van der Waals surface area contributed by atoms with Crippen LogP contribution in [-0.2, 0) is 13.1 Å². The van der Waals surface area contributed by atoms with Crippen LogP contribution in [0.15, 0.2) is 34.9 Å². The highest BCUT2D eigenvalue weighted by molar-refractivity contribution is 9.10. The maximum atomic E-state index is 12.4. The third kappa shape index (κ3) is 2.19. The number of nitrogens with two attached hydrogens (primary N) is 1. The summed E-state index contributed by atoms with van der Waals surface area (Å²) in [7, 11) is 0. The Hall–Kier alpha value is -1.95. The second kappa shape index (κ2) is 4.62. The van der Waals surface area contributed by atoms with Crippen molar-refractivity contribution in [2.45, 2.75) is 13.1 Å². The smallest absolute Gasteiger partial charge is 0.255 e. The molecule has 96 valence electrons. The number of fused-ring (bicyclic) bond motifs is 1. The molecule has 5 nitrogen and oxygen atoms in total. The molecule has 0 spiro atoms. The lowest BCUT2D eigenvalue weighted by molar-refractivity contribution is 0.0749. The number of aromatic nitrogens is 2. The molecule has 2 N–H and O–H groups in total. The van der Waals surface area contributed by atoms with Crippen molar-refractivity contribution < 1.29 is 4.79 Å². The number of hydrogen-bond acceptors (Lipinski definition) is 4. The van der Waals surface area contributed by atoms with Crippen LogP contribution < -0.4 is 5.73 Å². The first-order valence-corrected chi connectivity index (χ1v) is 6.58. The maximum Gasteiger partial charge on any atom is 0.255 e. The van der Waals surface area contributed by atoms with Gasteiger partial charge in [-0.1, -0.05) is 12.1 Å². The molecule has 2 aromatic rings. The maximum absolute atomic E-state index is 12.4. The number of carbonyl (C=O) groups excluding carboxylic acids is 1. The molecule has 19 heavy (non-hydrogen) atoms. The van der Waals surface area contributed by atoms with E-state index in [-0.39, 0.29) is 11.9 Å². The molecule has 1 aliphatic rings. The zero-order chi connectivity index (χ0) is 13.4. The van der Waals surface area contributed by atoms with Crippen LogP contribution in [-0.4, -0.2) is 20.8 Å². The minimum Gasteiger partial charge on any atom is -0.368 e. The number of nitrogens with zero attached hydrogens (tertiary/aromatic N) is 3. The number of nitrogen functional groups attached to an aromatic ring is 1. The summed E-state index contributed by atoms with van der Waals surface area (Å²) >= 11 is 3.40. The monoisotopic (exact) mass is 318 g/mol. The van der Waals surface area contributed by atoms with E-state index in [0.29, 0.717) is 18.7 Å². The van der Waals surface area contributed by atoms with Gasteiger partial charge >= 0.3 is 0 Å². The molecule has 0 aliphatic carbocycles. The molecule has 1 amide bonds. The highest BCUT2D eigenvalue weighted by Gasteiger charge is 2.26. The minimum atomic E-state index is -0.0240. The van der Waals surface area contributed by atoms with E-state index in [9.17, 15) is 4.79 Å². The Morgan fingerprint density at radius 2 is 2.11 bits per heavy atom. The van der Waals surface area contributed by atoms with Crippen molar-refractivity contribution in [3.63, 3.8) is 0 Å². The van der Waals surface area contributed by atoms with Crippen LogP contribution in [0.2, 0.25) is 0 Å². The van der Waals surface area contributed by atoms with E-state index in [1.54, 1.807) is 17.2 Å². The topological polar surface area (TPSA) is 72.1 Å². The van der Waals surface area contributed by atoms with Crippen LogP contribution >= 0.6 is 15.9 Å². The van der Waals surface area contributed by atoms with Gasteiger partial charge in [-0.3, -0.25) is 4.79 Å². The van der Waals surface area contributed by atoms with Gasteiger partial charge in [0.15, 0.2) is 0 Å². The van der Waals surface area contributed by atoms with Crippen LogP contribution in [0.25, 0.3) is 0 Å². The standard InChI is InChI=1S/C13H11BrN4O/c14-10-4-2-1-3-9(10)12(19)18-6-8-5-16-13(15)17-11(8)7-18/h1-5H,6-7H2,(H2,15,16,17). The van der Waals surface area contributed by atoms with Gasteiger partial charge in [0.2, 0.25) is 5.95 Å². The van der Waals surface area contributed by atoms with E-state index >= 15 is 0 Å². The summed E-state index contributed by atoms with van der Waals surface area (Å²) in [5.41, 5.74) is 7.98. The largest absolute Gasteiger partial charge is 0.368 e. The number of carbonyl (C=O) groups is 1. The molecule has 1 aromatic carbocycles. The van der Waals surface area contributed by atoms with Gasteiger partial charge in [0, 0.05) is 22.8 Å². The summed E-state index contributed by atoms with van der Waals surface area (Å²) < 4.78 is 0.793. The molecule has 2 heterocycles. The first-order chi connectivity index (χ1) is 9.15. The molecule has 3 rings (SSSR count). The highest BCUT2D eigenvalue weighted by atomic mass is 79.9. The predicted octanol–water partition coefficient (Wildman–Crippen LogP) is 1.98. The normalized spacial score (nSPS) is 13.4. The molecule has 0 bridgehead atoms. The fourth-order valence-electron chi connectivity index (χ4n) is 2.12. The number of hydrogen-bond donors (Lipinski definition) is 1. The predicted molar refractivity (Wildman–Crippen MR) is 74.2 cm³/mol. The summed E-state index contributed by atoms with van der Waals surface area (Å²) in [5, 5.41) is 0. The van der Waals surface area contributed by atoms with Gasteiger partial charge in [0.1, 0.15) is 0 Å². The Bertz CT molecular complexity index is 659. The summed E-state index contributed by atoms with van der Waals surface area (Å²) in [6.45, 7) is 0.998. The quantitative estimate of drug-likeness (QED) is 0.872. The van der Waals surface area contributed by atoms with Gasteiger partial charge in [0.05, 0.1) is 17.8 Å². The molecule has 0 saturated heterocycles. The number of halogens is 1. The number of amides is 1. The summed E-state index contributed by atoms with van der Waals surface area (Å²) in [5.74, 6) is 0.220. The molecule has 0 unspecified atom stereocenters. The average molecular weight is 319 g/mol. The van der Waals surface area contributed by atoms with Crippen molar-refractivity contribution in [2.24, 2.45) is 0 Å². The molecule has 6 heteroatoms. The van der Waals surface area contributed by atoms with Gasteiger partial charge in [-0.2, -0.15) is 0 Å². The molecule has 1 aliphatic heterocycles. The summed E-state index contributed by atoms with van der Waals surface area (Å²) in [4.78, 5) is 22.3. The summed E-state index contributed by atoms with van der Waals surface area (Å²) in [6.07, 6.45) is 1.69. The fraction of sp³-hybridized carbons (Fsp3) is 0.154. The van der Waals surface area contributed by atoms with Gasteiger partial charge in [0.25, 0.3) is 5.91 Å². The van der Waals surface area contributed by atoms with Crippen molar-refractivity contribution in [1.29, 1.82) is 0 Å². The van der Waals surface area contributed by atoms with Crippen LogP contribution in [0.4, 0.5) is 5.95 Å². The molecular formula is C13H11BrN4O. The Kier molecular flexibility index (Phi) is 2.94. The van der Waals surface area contributed by atoms with Crippen LogP contribution in [0.1, 0.15) is 21.6 Å². The van der Waals surface area contributed by atoms with E-state index in [2.05, 4.69) is 25.9 Å². The second-order valence-corrected chi connectivity index (χ2v) is 5.20. The molecule has 1 aromatic heterocycles. The van der Waals surface area contributed by atoms with Crippen molar-refractivity contribution in [3.05, 3.63) is 51.8 Å². The van der Waals surface area contributed by atoms with Crippen LogP contribution in [0.3, 0.4) is 0 Å². The van der Waals surface area contributed by atoms with Crippen molar-refractivity contribution in [1.82, 2.24) is 14.9 Å². The molecule has 0 fully saturated rings. The van der Waals surface area contributed by atoms with Crippen LogP contribution in [0, 0.1) is 0 Å². The first kappa shape index (κ1) is 12.1. The average Bonchev–Trinajstić information content (AvgIpc) is 2.81. The van der Waals surface area contributed by atoms with E-state index in [1.807, 2.05) is 18.2 Å². The van der Waals surface area contributed by atoms with Gasteiger partial charge in [-0.05, 0) is 28.1 Å². The zero-order valence-electron chi connectivity index (χ0n) is 10.0. The number of anilines is 1. The lowest BCUT2D eigenvalue weighted by Gasteiger charge is -2.15. The van der Waals surface area contributed by atoms with E-state index in [0.717, 1.165) is 15.7 Å². The SMILES string of the molecule is Nc1ncc2c(n1)CN(C(=O)c1ccccc1Br)C2. The summed E-state index contributed by atoms with van der Waals surface area (Å²) in [6, 6.07) is 7.38. The third-order valence-electron chi connectivity index (χ3n) is 3.07. The lowest BCUT2D eigenvalue weighted by Crippen LogP contribution is -2.25. The third-order valence-corrected chi connectivity index (χ3v) is 3.76. The fourth-order valence-corrected chi connectivity index (χ4v) is 2.57. The molecule has 0 radical (unpaired) electrons. The molecule has 0 atom stereocenters. The Balaban J connectivity index is 1.87. The number of rotatable bonds is 1. The number of benzene rings is 1.